The second-order valence-electron chi connectivity index (χ2n) is 10.6. The summed E-state index contributed by atoms with van der Waals surface area (Å²) in [6.45, 7) is 8.09. The third kappa shape index (κ3) is 6.47. The summed E-state index contributed by atoms with van der Waals surface area (Å²) < 4.78 is 45.1. The van der Waals surface area contributed by atoms with Crippen molar-refractivity contribution in [1.29, 1.82) is 0 Å². The number of anilines is 3. The minimum atomic E-state index is -2.53. The highest BCUT2D eigenvalue weighted by Crippen LogP contribution is 2.44. The number of hydrogen-bond donors (Lipinski definition) is 3. The summed E-state index contributed by atoms with van der Waals surface area (Å²) in [6.07, 6.45) is 2.25. The molecule has 16 heteroatoms. The van der Waals surface area contributed by atoms with Gasteiger partial charge in [0.25, 0.3) is 5.91 Å². The Balaban J connectivity index is 1.37. The number of para-hydroxylation sites is 2. The second kappa shape index (κ2) is 12.9. The lowest BCUT2D eigenvalue weighted by Crippen LogP contribution is -2.42. The van der Waals surface area contributed by atoms with Gasteiger partial charge in [-0.05, 0) is 39.3 Å². The minimum Gasteiger partial charge on any atom is -0.755 e. The van der Waals surface area contributed by atoms with Crippen LogP contribution in [0.4, 0.5) is 22.0 Å². The van der Waals surface area contributed by atoms with Gasteiger partial charge in [-0.15, -0.1) is 0 Å². The first-order valence-electron chi connectivity index (χ1n) is 14.1. The van der Waals surface area contributed by atoms with Crippen LogP contribution in [0.5, 0.6) is 0 Å². The first kappa shape index (κ1) is 30.7. The van der Waals surface area contributed by atoms with Gasteiger partial charge in [0.15, 0.2) is 35.1 Å². The average Bonchev–Trinajstić information content (AvgIpc) is 3.62. The number of imidazole rings is 1. The van der Waals surface area contributed by atoms with E-state index in [4.69, 9.17) is 14.2 Å². The third-order valence-corrected chi connectivity index (χ3v) is 7.81. The van der Waals surface area contributed by atoms with Gasteiger partial charge in [-0.1, -0.05) is 31.9 Å². The van der Waals surface area contributed by atoms with E-state index in [1.807, 2.05) is 13.8 Å². The Kier molecular flexibility index (Phi) is 9.22. The zero-order valence-electron chi connectivity index (χ0n) is 24.3. The van der Waals surface area contributed by atoms with Gasteiger partial charge in [0.1, 0.15) is 18.5 Å². The smallest absolute Gasteiger partial charge is 0.324 e. The minimum absolute atomic E-state index is 0.115. The molecule has 0 radical (unpaired) electrons. The Morgan fingerprint density at radius 2 is 1.86 bits per heavy atom. The lowest BCUT2D eigenvalue weighted by molar-refractivity contribution is -0.197. The predicted octanol–water partition coefficient (Wildman–Crippen LogP) is 2.81. The van der Waals surface area contributed by atoms with E-state index in [0.29, 0.717) is 30.0 Å². The van der Waals surface area contributed by atoms with Gasteiger partial charge in [0, 0.05) is 24.4 Å². The van der Waals surface area contributed by atoms with Crippen LogP contribution in [-0.4, -0.2) is 77.4 Å². The number of rotatable bonds is 11. The number of carbonyl (C=O) groups excluding carboxylic acids is 2. The van der Waals surface area contributed by atoms with Crippen molar-refractivity contribution in [2.24, 2.45) is 0 Å². The fraction of sp³-hybridized carbons (Fsp3) is 0.519. The van der Waals surface area contributed by atoms with E-state index >= 15 is 0 Å². The lowest BCUT2D eigenvalue weighted by atomic mass is 10.1. The Hall–Kier alpha value is -3.70. The largest absolute Gasteiger partial charge is 0.755 e. The zero-order valence-corrected chi connectivity index (χ0v) is 25.1. The normalized spacial score (nSPS) is 23.1. The van der Waals surface area contributed by atoms with Crippen LogP contribution in [0.3, 0.4) is 0 Å². The molecule has 15 nitrogen and oxygen atoms in total. The van der Waals surface area contributed by atoms with Crippen molar-refractivity contribution in [2.45, 2.75) is 77.3 Å². The lowest BCUT2D eigenvalue weighted by Gasteiger charge is -2.28. The van der Waals surface area contributed by atoms with E-state index in [1.165, 1.54) is 17.0 Å². The number of nitrogens with zero attached hydrogens (tertiary/aromatic N) is 5. The number of benzene rings is 1. The monoisotopic (exact) mass is 615 g/mol. The van der Waals surface area contributed by atoms with Crippen molar-refractivity contribution in [2.75, 3.05) is 28.0 Å². The Labute approximate surface area is 251 Å². The van der Waals surface area contributed by atoms with Gasteiger partial charge >= 0.3 is 6.03 Å². The van der Waals surface area contributed by atoms with Gasteiger partial charge in [-0.2, -0.15) is 0 Å². The fourth-order valence-corrected chi connectivity index (χ4v) is 5.85. The number of aromatic nitrogens is 4. The molecule has 3 aromatic rings. The van der Waals surface area contributed by atoms with Crippen molar-refractivity contribution in [1.82, 2.24) is 24.8 Å². The number of hydrogen-bond acceptors (Lipinski definition) is 10. The number of carbonyl (C=O) groups is 2. The topological polar surface area (TPSA) is 185 Å². The average molecular weight is 616 g/mol. The Bertz CT molecular complexity index is 1500. The second-order valence-corrected chi connectivity index (χ2v) is 11.5. The Morgan fingerprint density at radius 1 is 1.09 bits per heavy atom. The van der Waals surface area contributed by atoms with Crippen LogP contribution in [0.25, 0.3) is 11.2 Å². The summed E-state index contributed by atoms with van der Waals surface area (Å²) in [5.74, 6) is -1.13. The van der Waals surface area contributed by atoms with Crippen LogP contribution in [0.15, 0.2) is 36.9 Å². The van der Waals surface area contributed by atoms with Crippen molar-refractivity contribution in [3.63, 3.8) is 0 Å². The van der Waals surface area contributed by atoms with Crippen LogP contribution >= 0.6 is 0 Å². The summed E-state index contributed by atoms with van der Waals surface area (Å²) in [5.41, 5.74) is 1.26. The molecule has 2 fully saturated rings. The summed E-state index contributed by atoms with van der Waals surface area (Å²) in [4.78, 5) is 38.8. The molecular formula is C27H35N8O7S-. The molecule has 1 unspecified atom stereocenters. The van der Waals surface area contributed by atoms with Gasteiger partial charge in [-0.3, -0.25) is 18.9 Å². The van der Waals surface area contributed by atoms with Crippen molar-refractivity contribution in [3.8, 4) is 0 Å². The summed E-state index contributed by atoms with van der Waals surface area (Å²) >= 11 is -2.53. The van der Waals surface area contributed by atoms with E-state index in [2.05, 4.69) is 30.9 Å². The van der Waals surface area contributed by atoms with Crippen LogP contribution < -0.4 is 20.3 Å². The number of urea groups is 1. The van der Waals surface area contributed by atoms with Crippen LogP contribution in [-0.2, 0) is 30.3 Å². The maximum absolute atomic E-state index is 13.1. The maximum atomic E-state index is 13.1. The first-order valence-corrected chi connectivity index (χ1v) is 15.2. The van der Waals surface area contributed by atoms with Crippen molar-refractivity contribution in [3.05, 3.63) is 36.9 Å². The molecule has 0 saturated carbocycles. The molecule has 2 aliphatic heterocycles. The van der Waals surface area contributed by atoms with Crippen LogP contribution in [0, 0.1) is 0 Å². The molecule has 5 atom stereocenters. The quantitative estimate of drug-likeness (QED) is 0.214. The molecule has 2 saturated heterocycles. The molecule has 4 heterocycles. The van der Waals surface area contributed by atoms with Crippen molar-refractivity contribution < 1.29 is 32.6 Å². The molecule has 0 spiro atoms. The summed E-state index contributed by atoms with van der Waals surface area (Å²) in [6, 6.07) is 5.98. The zero-order chi connectivity index (χ0) is 30.7. The van der Waals surface area contributed by atoms with Gasteiger partial charge < -0.3 is 33.7 Å². The van der Waals surface area contributed by atoms with Gasteiger partial charge in [0.05, 0.1) is 17.7 Å². The summed E-state index contributed by atoms with van der Waals surface area (Å²) in [7, 11) is 0. The molecule has 5 rings (SSSR count). The number of nitrogens with one attached hydrogen (secondary N) is 3. The number of fused-ring (bicyclic) bond motifs is 2. The molecule has 3 N–H and O–H groups in total. The van der Waals surface area contributed by atoms with E-state index in [1.54, 1.807) is 42.7 Å². The number of unbranched alkanes of at least 4 members (excludes halogenated alkanes) is 2. The van der Waals surface area contributed by atoms with Gasteiger partial charge in [0.2, 0.25) is 0 Å². The SMILES string of the molecule is CCCCCN(c1ccccc1NC(=O)Nc1ncnc2c1ncn2[C@@H]1O[C@H](C(=O)NCC)[C@H]2OC(C)(C)O[C@H]21)S(=O)[O-]. The number of ether oxygens (including phenoxy) is 3. The molecule has 1 aromatic carbocycles. The fourth-order valence-electron chi connectivity index (χ4n) is 5.25. The number of amides is 3. The Morgan fingerprint density at radius 3 is 2.60 bits per heavy atom. The number of likely N-dealkylation sites (N-methyl/N-ethyl adjacent to an activating group) is 1. The first-order chi connectivity index (χ1) is 20.6. The van der Waals surface area contributed by atoms with E-state index in [9.17, 15) is 18.4 Å². The highest BCUT2D eigenvalue weighted by atomic mass is 32.2. The van der Waals surface area contributed by atoms with Crippen LogP contribution in [0.2, 0.25) is 0 Å². The van der Waals surface area contributed by atoms with Gasteiger partial charge in [-0.25, -0.2) is 19.7 Å². The molecule has 2 aliphatic rings. The molecule has 232 valence electrons. The molecular weight excluding hydrogens is 580 g/mol. The highest BCUT2D eigenvalue weighted by Gasteiger charge is 2.58. The molecule has 0 aliphatic carbocycles. The van der Waals surface area contributed by atoms with Crippen LogP contribution in [0.1, 0.15) is 53.2 Å². The van der Waals surface area contributed by atoms with E-state index in [-0.39, 0.29) is 23.8 Å². The predicted molar refractivity (Wildman–Crippen MR) is 157 cm³/mol. The molecule has 43 heavy (non-hydrogen) atoms. The highest BCUT2D eigenvalue weighted by molar-refractivity contribution is 7.80. The van der Waals surface area contributed by atoms with E-state index in [0.717, 1.165) is 12.8 Å². The molecule has 0 bridgehead atoms. The standard InChI is InChI=1S/C27H36N8O7S/c1-5-7-10-13-35(43(38)39)17-12-9-8-11-16(17)32-26(37)33-22-18-23(30-14-29-22)34(15-31-18)25-21-19(41-27(3,4)42-21)20(40-25)24(36)28-6-2/h8-9,11-12,14-15,19-21,25H,5-7,10,13H2,1-4H3,(H,28,36)(H,38,39)(H2,29,30,32,33,37)/p-1/t19-,20+,21-,25-/m1/s1. The molecule has 3 amide bonds. The maximum Gasteiger partial charge on any atom is 0.324 e. The van der Waals surface area contributed by atoms with E-state index < -0.39 is 47.6 Å². The molecule has 2 aromatic heterocycles. The third-order valence-electron chi connectivity index (χ3n) is 7.07. The summed E-state index contributed by atoms with van der Waals surface area (Å²) in [5, 5.41) is 8.16. The van der Waals surface area contributed by atoms with Crippen molar-refractivity contribution >= 4 is 51.6 Å².